The van der Waals surface area contributed by atoms with Crippen LogP contribution in [0.15, 0.2) is 40.8 Å². The number of nitrogens with one attached hydrogen (secondary N) is 2. The van der Waals surface area contributed by atoms with Gasteiger partial charge in [-0.1, -0.05) is 11.6 Å². The van der Waals surface area contributed by atoms with Crippen LogP contribution in [0.2, 0.25) is 0 Å². The third kappa shape index (κ3) is 5.43. The van der Waals surface area contributed by atoms with Crippen molar-refractivity contribution < 1.29 is 23.8 Å². The summed E-state index contributed by atoms with van der Waals surface area (Å²) in [4.78, 5) is 25.9. The number of hydrogen-bond donors (Lipinski definition) is 3. The van der Waals surface area contributed by atoms with Gasteiger partial charge in [0, 0.05) is 23.6 Å². The van der Waals surface area contributed by atoms with Gasteiger partial charge in [0.15, 0.2) is 0 Å². The molecule has 1 aliphatic carbocycles. The topological polar surface area (TPSA) is 119 Å². The number of imide groups is 1. The molecule has 9 heteroatoms. The number of rotatable bonds is 8. The first-order valence-corrected chi connectivity index (χ1v) is 12.7. The van der Waals surface area contributed by atoms with E-state index in [0.29, 0.717) is 18.7 Å². The maximum absolute atomic E-state index is 12.6. The van der Waals surface area contributed by atoms with Gasteiger partial charge in [-0.2, -0.15) is 0 Å². The van der Waals surface area contributed by atoms with Crippen LogP contribution in [0.3, 0.4) is 0 Å². The van der Waals surface area contributed by atoms with Crippen molar-refractivity contribution in [3.8, 4) is 0 Å². The third-order valence-corrected chi connectivity index (χ3v) is 8.13. The highest BCUT2D eigenvalue weighted by Gasteiger charge is 2.71. The molecule has 0 bridgehead atoms. The molecule has 34 heavy (non-hydrogen) atoms. The lowest BCUT2D eigenvalue weighted by Crippen LogP contribution is -2.60. The van der Waals surface area contributed by atoms with Crippen molar-refractivity contribution in [1.29, 1.82) is 0 Å². The minimum absolute atomic E-state index is 0.00335. The summed E-state index contributed by atoms with van der Waals surface area (Å²) in [7, 11) is 1.66. The minimum Gasteiger partial charge on any atom is -0.399 e. The van der Waals surface area contributed by atoms with E-state index in [1.165, 1.54) is 17.3 Å². The Morgan fingerprint density at radius 1 is 1.29 bits per heavy atom. The lowest BCUT2D eigenvalue weighted by atomic mass is 9.67. The number of hydrogen-bond acceptors (Lipinski definition) is 7. The van der Waals surface area contributed by atoms with Crippen molar-refractivity contribution in [3.63, 3.8) is 0 Å². The zero-order chi connectivity index (χ0) is 24.5. The number of carbonyl (C=O) groups is 2. The smallest absolute Gasteiger partial charge is 0.321 e. The molecule has 3 amide bonds. The Labute approximate surface area is 205 Å². The number of ether oxygens (including phenoxy) is 3. The van der Waals surface area contributed by atoms with Gasteiger partial charge in [-0.25, -0.2) is 4.79 Å². The molecule has 3 aliphatic rings. The Balaban J connectivity index is 1.34. The van der Waals surface area contributed by atoms with Gasteiger partial charge in [-0.3, -0.25) is 10.1 Å². The van der Waals surface area contributed by atoms with E-state index in [-0.39, 0.29) is 47.0 Å². The van der Waals surface area contributed by atoms with Crippen LogP contribution < -0.4 is 16.4 Å². The highest BCUT2D eigenvalue weighted by atomic mass is 32.2. The molecule has 1 aromatic carbocycles. The van der Waals surface area contributed by atoms with Crippen molar-refractivity contribution in [1.82, 2.24) is 10.6 Å². The number of allylic oxidation sites excluding steroid dienone is 1. The molecule has 1 saturated carbocycles. The largest absolute Gasteiger partial charge is 0.399 e. The van der Waals surface area contributed by atoms with Crippen molar-refractivity contribution in [2.45, 2.75) is 74.4 Å². The first-order chi connectivity index (χ1) is 16.2. The normalized spacial score (nSPS) is 33.8. The second-order valence-electron chi connectivity index (χ2n) is 9.86. The zero-order valence-electron chi connectivity index (χ0n) is 20.3. The molecule has 2 unspecified atom stereocenters. The number of thioether (sulfide) groups is 1. The number of amides is 3. The van der Waals surface area contributed by atoms with Crippen LogP contribution in [-0.2, 0) is 19.0 Å². The molecule has 1 aromatic rings. The van der Waals surface area contributed by atoms with Crippen molar-refractivity contribution >= 4 is 29.4 Å². The van der Waals surface area contributed by atoms with E-state index in [9.17, 15) is 9.59 Å². The summed E-state index contributed by atoms with van der Waals surface area (Å²) >= 11 is 1.35. The first kappa shape index (κ1) is 25.0. The van der Waals surface area contributed by atoms with Crippen LogP contribution in [0.5, 0.6) is 0 Å². The number of nitrogens with two attached hydrogens (primary N) is 1. The summed E-state index contributed by atoms with van der Waals surface area (Å²) in [6.45, 7) is 6.97. The van der Waals surface area contributed by atoms with Crippen LogP contribution >= 0.6 is 11.8 Å². The van der Waals surface area contributed by atoms with E-state index in [0.717, 1.165) is 17.7 Å². The first-order valence-electron chi connectivity index (χ1n) is 11.7. The molecule has 0 aromatic heterocycles. The SMILES string of the molecule is CO[C@@H]1[C@H](NC(=O)NC(=O)CSc2ccc(N)cc2)CCC2(CO2)[C@H]1[C@]1(C)OC1CC=C(C)C. The number of benzene rings is 1. The van der Waals surface area contributed by atoms with E-state index < -0.39 is 6.03 Å². The van der Waals surface area contributed by atoms with Crippen LogP contribution in [0.1, 0.15) is 40.0 Å². The minimum atomic E-state index is -0.510. The molecule has 2 saturated heterocycles. The van der Waals surface area contributed by atoms with Crippen LogP contribution in [0, 0.1) is 5.92 Å². The average molecular weight is 490 g/mol. The number of anilines is 1. The van der Waals surface area contributed by atoms with E-state index in [2.05, 4.69) is 37.5 Å². The lowest BCUT2D eigenvalue weighted by molar-refractivity contribution is -0.117. The van der Waals surface area contributed by atoms with Crippen LogP contribution in [0.25, 0.3) is 0 Å². The van der Waals surface area contributed by atoms with E-state index in [4.69, 9.17) is 19.9 Å². The number of urea groups is 1. The molecule has 1 spiro atoms. The Morgan fingerprint density at radius 2 is 2.00 bits per heavy atom. The summed E-state index contributed by atoms with van der Waals surface area (Å²) < 4.78 is 18.1. The van der Waals surface area contributed by atoms with Gasteiger partial charge in [-0.05, 0) is 64.3 Å². The Hall–Kier alpha value is -2.07. The molecular formula is C25H35N3O5S. The molecule has 2 heterocycles. The molecular weight excluding hydrogens is 454 g/mol. The van der Waals surface area contributed by atoms with Gasteiger partial charge in [0.1, 0.15) is 5.60 Å². The summed E-state index contributed by atoms with van der Waals surface area (Å²) in [6, 6.07) is 6.50. The van der Waals surface area contributed by atoms with E-state index in [1.54, 1.807) is 19.2 Å². The maximum atomic E-state index is 12.6. The fourth-order valence-corrected chi connectivity index (χ4v) is 5.92. The number of carbonyl (C=O) groups excluding carboxylic acids is 2. The van der Waals surface area contributed by atoms with Crippen LogP contribution in [0.4, 0.5) is 10.5 Å². The quantitative estimate of drug-likeness (QED) is 0.222. The van der Waals surface area contributed by atoms with E-state index >= 15 is 0 Å². The summed E-state index contributed by atoms with van der Waals surface area (Å²) in [6.07, 6.45) is 4.40. The predicted octanol–water partition coefficient (Wildman–Crippen LogP) is 3.26. The maximum Gasteiger partial charge on any atom is 0.321 e. The Morgan fingerprint density at radius 3 is 2.62 bits per heavy atom. The van der Waals surface area contributed by atoms with Crippen molar-refractivity contribution in [2.24, 2.45) is 5.92 Å². The second-order valence-corrected chi connectivity index (χ2v) is 10.9. The highest BCUT2D eigenvalue weighted by molar-refractivity contribution is 8.00. The predicted molar refractivity (Wildman–Crippen MR) is 132 cm³/mol. The molecule has 6 atom stereocenters. The van der Waals surface area contributed by atoms with Crippen molar-refractivity contribution in [3.05, 3.63) is 35.9 Å². The number of methoxy groups -OCH3 is 1. The zero-order valence-corrected chi connectivity index (χ0v) is 21.1. The Bertz CT molecular complexity index is 944. The molecule has 4 rings (SSSR count). The number of nitrogen functional groups attached to an aromatic ring is 1. The van der Waals surface area contributed by atoms with E-state index in [1.807, 2.05) is 12.1 Å². The van der Waals surface area contributed by atoms with Gasteiger partial charge >= 0.3 is 6.03 Å². The Kier molecular flexibility index (Phi) is 7.28. The fourth-order valence-electron chi connectivity index (χ4n) is 5.22. The molecule has 3 fully saturated rings. The molecule has 4 N–H and O–H groups in total. The second kappa shape index (κ2) is 9.89. The molecule has 0 radical (unpaired) electrons. The monoisotopic (exact) mass is 489 g/mol. The standard InChI is InChI=1S/C25H35N3O5S/c1-15(2)5-10-19-24(3,33-19)22-21(31-4)18(11-12-25(22)14-32-25)27-23(30)28-20(29)13-34-17-8-6-16(26)7-9-17/h5-9,18-19,21-22H,10-14,26H2,1-4H3,(H2,27,28,29,30)/t18-,19?,21-,22-,24-,25?/m1/s1. The summed E-state index contributed by atoms with van der Waals surface area (Å²) in [5.41, 5.74) is 6.99. The van der Waals surface area contributed by atoms with Crippen LogP contribution in [-0.4, -0.2) is 60.9 Å². The van der Waals surface area contributed by atoms with Crippen molar-refractivity contribution in [2.75, 3.05) is 25.2 Å². The third-order valence-electron chi connectivity index (χ3n) is 7.11. The van der Waals surface area contributed by atoms with Gasteiger partial charge < -0.3 is 25.3 Å². The fraction of sp³-hybridized carbons (Fsp3) is 0.600. The van der Waals surface area contributed by atoms with Gasteiger partial charge in [0.05, 0.1) is 36.2 Å². The van der Waals surface area contributed by atoms with Gasteiger partial charge in [0.25, 0.3) is 0 Å². The summed E-state index contributed by atoms with van der Waals surface area (Å²) in [5.74, 6) is -0.230. The molecule has 186 valence electrons. The number of epoxide rings is 2. The summed E-state index contributed by atoms with van der Waals surface area (Å²) in [5, 5.41) is 5.41. The van der Waals surface area contributed by atoms with Gasteiger partial charge in [0.2, 0.25) is 5.91 Å². The lowest BCUT2D eigenvalue weighted by Gasteiger charge is -2.43. The molecule has 8 nitrogen and oxygen atoms in total. The van der Waals surface area contributed by atoms with Gasteiger partial charge in [-0.15, -0.1) is 11.8 Å². The average Bonchev–Trinajstić information content (AvgIpc) is 3.70. The molecule has 2 aliphatic heterocycles. The highest BCUT2D eigenvalue weighted by Crippen LogP contribution is 2.59.